The summed E-state index contributed by atoms with van der Waals surface area (Å²) in [6.07, 6.45) is 3.58. The first-order chi connectivity index (χ1) is 11.9. The van der Waals surface area contributed by atoms with E-state index < -0.39 is 0 Å². The second kappa shape index (κ2) is 6.96. The molecule has 0 spiro atoms. The Kier molecular flexibility index (Phi) is 4.91. The lowest BCUT2D eigenvalue weighted by atomic mass is 9.81. The summed E-state index contributed by atoms with van der Waals surface area (Å²) in [4.78, 5) is 39.3. The molecule has 2 aliphatic rings. The number of amides is 3. The van der Waals surface area contributed by atoms with Gasteiger partial charge in [-0.05, 0) is 32.3 Å². The van der Waals surface area contributed by atoms with Crippen LogP contribution in [-0.2, 0) is 14.4 Å². The highest BCUT2D eigenvalue weighted by Gasteiger charge is 2.47. The van der Waals surface area contributed by atoms with Crippen molar-refractivity contribution in [1.29, 1.82) is 5.26 Å². The van der Waals surface area contributed by atoms with Crippen LogP contribution >= 0.6 is 11.3 Å². The van der Waals surface area contributed by atoms with Gasteiger partial charge in [-0.3, -0.25) is 19.3 Å². The highest BCUT2D eigenvalue weighted by Crippen LogP contribution is 2.38. The van der Waals surface area contributed by atoms with E-state index in [9.17, 15) is 19.6 Å². The molecule has 3 rings (SSSR count). The number of thiophene rings is 1. The first-order valence-electron chi connectivity index (χ1n) is 8.59. The molecule has 1 N–H and O–H groups in total. The van der Waals surface area contributed by atoms with Gasteiger partial charge >= 0.3 is 0 Å². The molecule has 1 aliphatic carbocycles. The Morgan fingerprint density at radius 1 is 1.24 bits per heavy atom. The van der Waals surface area contributed by atoms with E-state index in [0.717, 1.165) is 36.1 Å². The van der Waals surface area contributed by atoms with E-state index in [-0.39, 0.29) is 42.5 Å². The van der Waals surface area contributed by atoms with Crippen molar-refractivity contribution in [3.05, 3.63) is 16.0 Å². The molecule has 1 saturated heterocycles. The number of nitrogens with zero attached hydrogens (tertiary/aromatic N) is 2. The zero-order valence-electron chi connectivity index (χ0n) is 14.4. The van der Waals surface area contributed by atoms with Gasteiger partial charge in [-0.2, -0.15) is 5.26 Å². The van der Waals surface area contributed by atoms with Gasteiger partial charge < -0.3 is 5.32 Å². The van der Waals surface area contributed by atoms with Crippen LogP contribution in [0.2, 0.25) is 0 Å². The summed E-state index contributed by atoms with van der Waals surface area (Å²) in [5.41, 5.74) is 1.35. The summed E-state index contributed by atoms with van der Waals surface area (Å²) < 4.78 is 0. The minimum absolute atomic E-state index is 0.0534. The monoisotopic (exact) mass is 359 g/mol. The number of anilines is 1. The SMILES string of the molecule is Cc1sc(NC(=O)CCN2C(=O)[C@H]3CCCC[C@H]3C2=O)c(C#N)c1C. The maximum atomic E-state index is 12.4. The predicted octanol–water partition coefficient (Wildman–Crippen LogP) is 2.74. The summed E-state index contributed by atoms with van der Waals surface area (Å²) in [5.74, 6) is -0.895. The molecule has 0 aromatic carbocycles. The van der Waals surface area contributed by atoms with Crippen LogP contribution in [-0.4, -0.2) is 29.2 Å². The van der Waals surface area contributed by atoms with Gasteiger partial charge in [-0.25, -0.2) is 0 Å². The van der Waals surface area contributed by atoms with Crippen molar-refractivity contribution in [1.82, 2.24) is 4.90 Å². The molecule has 0 bridgehead atoms. The standard InChI is InChI=1S/C18H21N3O3S/c1-10-11(2)25-16(14(10)9-19)20-15(22)7-8-21-17(23)12-5-3-4-6-13(12)18(21)24/h12-13H,3-8H2,1-2H3,(H,20,22)/t12-,13+. The maximum absolute atomic E-state index is 12.4. The molecule has 7 heteroatoms. The van der Waals surface area contributed by atoms with Crippen LogP contribution in [0.3, 0.4) is 0 Å². The molecule has 2 fully saturated rings. The smallest absolute Gasteiger partial charge is 0.233 e. The molecule has 1 aromatic heterocycles. The van der Waals surface area contributed by atoms with Crippen LogP contribution in [0.5, 0.6) is 0 Å². The maximum Gasteiger partial charge on any atom is 0.233 e. The van der Waals surface area contributed by atoms with Crippen LogP contribution in [0.15, 0.2) is 0 Å². The van der Waals surface area contributed by atoms with E-state index >= 15 is 0 Å². The van der Waals surface area contributed by atoms with Gasteiger partial charge in [0.05, 0.1) is 17.4 Å². The molecule has 0 unspecified atom stereocenters. The number of aryl methyl sites for hydroxylation is 1. The van der Waals surface area contributed by atoms with Crippen molar-refractivity contribution in [3.63, 3.8) is 0 Å². The average Bonchev–Trinajstić information content (AvgIpc) is 3.00. The molecule has 3 amide bonds. The number of hydrogen-bond donors (Lipinski definition) is 1. The lowest BCUT2D eigenvalue weighted by molar-refractivity contribution is -0.140. The van der Waals surface area contributed by atoms with Crippen molar-refractivity contribution in [2.24, 2.45) is 11.8 Å². The third-order valence-corrected chi connectivity index (χ3v) is 6.37. The minimum Gasteiger partial charge on any atom is -0.317 e. The quantitative estimate of drug-likeness (QED) is 0.837. The fraction of sp³-hybridized carbons (Fsp3) is 0.556. The molecule has 2 atom stereocenters. The second-order valence-electron chi connectivity index (χ2n) is 6.72. The minimum atomic E-state index is -0.284. The fourth-order valence-electron chi connectivity index (χ4n) is 3.70. The van der Waals surface area contributed by atoms with Crippen molar-refractivity contribution >= 4 is 34.1 Å². The first-order valence-corrected chi connectivity index (χ1v) is 9.40. The lowest BCUT2D eigenvalue weighted by Gasteiger charge is -2.19. The third-order valence-electron chi connectivity index (χ3n) is 5.24. The lowest BCUT2D eigenvalue weighted by Crippen LogP contribution is -2.34. The molecular weight excluding hydrogens is 338 g/mol. The summed E-state index contributed by atoms with van der Waals surface area (Å²) in [7, 11) is 0. The van der Waals surface area contributed by atoms with E-state index in [2.05, 4.69) is 11.4 Å². The number of nitrogens with one attached hydrogen (secondary N) is 1. The van der Waals surface area contributed by atoms with E-state index in [4.69, 9.17) is 0 Å². The van der Waals surface area contributed by atoms with Crippen LogP contribution in [0.1, 0.15) is 48.1 Å². The molecule has 1 aromatic rings. The van der Waals surface area contributed by atoms with Crippen LogP contribution in [0.25, 0.3) is 0 Å². The van der Waals surface area contributed by atoms with E-state index in [0.29, 0.717) is 10.6 Å². The predicted molar refractivity (Wildman–Crippen MR) is 93.9 cm³/mol. The zero-order valence-corrected chi connectivity index (χ0v) is 15.2. The number of nitriles is 1. The molecule has 6 nitrogen and oxygen atoms in total. The third kappa shape index (κ3) is 3.19. The Balaban J connectivity index is 1.61. The van der Waals surface area contributed by atoms with Crippen LogP contribution in [0, 0.1) is 37.0 Å². The number of carbonyl (C=O) groups is 3. The van der Waals surface area contributed by atoms with Gasteiger partial charge in [0.25, 0.3) is 0 Å². The van der Waals surface area contributed by atoms with Gasteiger partial charge in [0, 0.05) is 17.8 Å². The summed E-state index contributed by atoms with van der Waals surface area (Å²) in [6, 6.07) is 2.11. The Morgan fingerprint density at radius 2 is 1.84 bits per heavy atom. The van der Waals surface area contributed by atoms with Crippen LogP contribution in [0.4, 0.5) is 5.00 Å². The normalized spacial score (nSPS) is 22.7. The summed E-state index contributed by atoms with van der Waals surface area (Å²) in [5, 5.41) is 12.5. The summed E-state index contributed by atoms with van der Waals surface area (Å²) >= 11 is 1.37. The topological polar surface area (TPSA) is 90.3 Å². The van der Waals surface area contributed by atoms with Crippen molar-refractivity contribution in [2.75, 3.05) is 11.9 Å². The highest BCUT2D eigenvalue weighted by molar-refractivity contribution is 7.16. The fourth-order valence-corrected chi connectivity index (χ4v) is 4.73. The second-order valence-corrected chi connectivity index (χ2v) is 7.95. The Bertz CT molecular complexity index is 753. The molecule has 0 radical (unpaired) electrons. The van der Waals surface area contributed by atoms with Gasteiger partial charge in [-0.1, -0.05) is 12.8 Å². The van der Waals surface area contributed by atoms with Gasteiger partial charge in [0.1, 0.15) is 11.1 Å². The van der Waals surface area contributed by atoms with Gasteiger partial charge in [0.15, 0.2) is 0 Å². The van der Waals surface area contributed by atoms with Gasteiger partial charge in [-0.15, -0.1) is 11.3 Å². The van der Waals surface area contributed by atoms with E-state index in [1.807, 2.05) is 13.8 Å². The average molecular weight is 359 g/mol. The molecule has 2 heterocycles. The largest absolute Gasteiger partial charge is 0.317 e. The van der Waals surface area contributed by atoms with Crippen LogP contribution < -0.4 is 5.32 Å². The Hall–Kier alpha value is -2.20. The molecule has 1 saturated carbocycles. The summed E-state index contributed by atoms with van der Waals surface area (Å²) in [6.45, 7) is 3.87. The molecule has 132 valence electrons. The van der Waals surface area contributed by atoms with E-state index in [1.165, 1.54) is 16.2 Å². The number of rotatable bonds is 4. The molecule has 1 aliphatic heterocycles. The first kappa shape index (κ1) is 17.6. The number of imide groups is 1. The van der Waals surface area contributed by atoms with Crippen molar-refractivity contribution in [3.8, 4) is 6.07 Å². The van der Waals surface area contributed by atoms with Gasteiger partial charge in [0.2, 0.25) is 17.7 Å². The zero-order chi connectivity index (χ0) is 18.1. The van der Waals surface area contributed by atoms with E-state index in [1.54, 1.807) is 0 Å². The number of carbonyl (C=O) groups excluding carboxylic acids is 3. The molecule has 25 heavy (non-hydrogen) atoms. The Morgan fingerprint density at radius 3 is 2.40 bits per heavy atom. The number of likely N-dealkylation sites (tertiary alicyclic amines) is 1. The molecular formula is C18H21N3O3S. The number of fused-ring (bicyclic) bond motifs is 1. The highest BCUT2D eigenvalue weighted by atomic mass is 32.1. The van der Waals surface area contributed by atoms with Crippen molar-refractivity contribution in [2.45, 2.75) is 46.0 Å². The van der Waals surface area contributed by atoms with Crippen molar-refractivity contribution < 1.29 is 14.4 Å². The Labute approximate surface area is 150 Å². The number of hydrogen-bond acceptors (Lipinski definition) is 5.